The number of benzene rings is 1. The van der Waals surface area contributed by atoms with Crippen molar-refractivity contribution in [3.05, 3.63) is 24.3 Å². The number of hydrogen-bond acceptors (Lipinski definition) is 5. The largest absolute Gasteiger partial charge is 0.497 e. The molecule has 1 aromatic carbocycles. The van der Waals surface area contributed by atoms with Crippen molar-refractivity contribution in [1.29, 1.82) is 0 Å². The van der Waals surface area contributed by atoms with Crippen LogP contribution in [0.1, 0.15) is 6.42 Å². The Hall–Kier alpha value is -2.61. The van der Waals surface area contributed by atoms with Crippen LogP contribution < -0.4 is 9.64 Å². The Morgan fingerprint density at radius 3 is 2.64 bits per heavy atom. The highest BCUT2D eigenvalue weighted by Crippen LogP contribution is 2.28. The van der Waals surface area contributed by atoms with Crippen molar-refractivity contribution in [2.45, 2.75) is 12.5 Å². The van der Waals surface area contributed by atoms with Crippen molar-refractivity contribution in [1.82, 2.24) is 4.90 Å². The van der Waals surface area contributed by atoms with Gasteiger partial charge >= 0.3 is 5.97 Å². The molecule has 1 N–H and O–H groups in total. The molecule has 0 aromatic heterocycles. The third-order valence-corrected chi connectivity index (χ3v) is 4.55. The van der Waals surface area contributed by atoms with E-state index in [9.17, 15) is 19.5 Å². The number of aliphatic carboxylic acids is 1. The highest BCUT2D eigenvalue weighted by molar-refractivity contribution is 6.00. The second kappa shape index (κ2) is 7.10. The molecule has 3 rings (SSSR count). The molecular weight excluding hydrogens is 328 g/mol. The van der Waals surface area contributed by atoms with Gasteiger partial charge in [0, 0.05) is 25.2 Å². The number of carbonyl (C=O) groups excluding carboxylic acids is 2. The summed E-state index contributed by atoms with van der Waals surface area (Å²) in [5.74, 6) is -1.41. The number of carboxylic acid groups (broad SMARTS) is 1. The number of methoxy groups -OCH3 is 1. The maximum atomic E-state index is 12.7. The predicted molar refractivity (Wildman–Crippen MR) is 87.4 cm³/mol. The van der Waals surface area contributed by atoms with Crippen LogP contribution in [0.2, 0.25) is 0 Å². The Balaban J connectivity index is 1.72. The molecule has 8 heteroatoms. The standard InChI is InChI=1S/C17H20N2O6/c1-24-13-4-2-12(3-5-13)19-9-11(8-15(19)20)16(21)18-6-7-25-10-14(18)17(22)23/h2-5,11,14H,6-10H2,1H3,(H,22,23)/t11-,14+/m1/s1. The molecule has 0 aliphatic carbocycles. The van der Waals surface area contributed by atoms with E-state index in [1.165, 1.54) is 4.90 Å². The Kier molecular flexibility index (Phi) is 4.89. The quantitative estimate of drug-likeness (QED) is 0.844. The van der Waals surface area contributed by atoms with Crippen LogP contribution in [0.4, 0.5) is 5.69 Å². The lowest BCUT2D eigenvalue weighted by Crippen LogP contribution is -2.54. The minimum atomic E-state index is -1.09. The minimum absolute atomic E-state index is 0.0239. The zero-order valence-corrected chi connectivity index (χ0v) is 13.9. The second-order valence-electron chi connectivity index (χ2n) is 6.06. The van der Waals surface area contributed by atoms with Crippen molar-refractivity contribution in [2.75, 3.05) is 38.3 Å². The molecule has 2 saturated heterocycles. The summed E-state index contributed by atoms with van der Waals surface area (Å²) in [6.07, 6.45) is 0.0779. The van der Waals surface area contributed by atoms with E-state index in [1.807, 2.05) is 0 Å². The van der Waals surface area contributed by atoms with Gasteiger partial charge in [-0.25, -0.2) is 4.79 Å². The molecule has 1 aromatic rings. The molecule has 0 bridgehead atoms. The van der Waals surface area contributed by atoms with Gasteiger partial charge in [0.2, 0.25) is 11.8 Å². The van der Waals surface area contributed by atoms with Crippen LogP contribution >= 0.6 is 0 Å². The Morgan fingerprint density at radius 1 is 1.28 bits per heavy atom. The molecule has 0 radical (unpaired) electrons. The summed E-state index contributed by atoms with van der Waals surface area (Å²) in [6, 6.07) is 6.03. The van der Waals surface area contributed by atoms with Gasteiger partial charge in [-0.15, -0.1) is 0 Å². The Bertz CT molecular complexity index is 674. The van der Waals surface area contributed by atoms with E-state index in [2.05, 4.69) is 0 Å². The van der Waals surface area contributed by atoms with Crippen molar-refractivity contribution >= 4 is 23.5 Å². The lowest BCUT2D eigenvalue weighted by molar-refractivity contribution is -0.160. The van der Waals surface area contributed by atoms with Crippen molar-refractivity contribution in [3.8, 4) is 5.75 Å². The fraction of sp³-hybridized carbons (Fsp3) is 0.471. The zero-order chi connectivity index (χ0) is 18.0. The van der Waals surface area contributed by atoms with Crippen LogP contribution in [-0.4, -0.2) is 67.2 Å². The molecule has 2 amide bonds. The smallest absolute Gasteiger partial charge is 0.328 e. The van der Waals surface area contributed by atoms with E-state index >= 15 is 0 Å². The third-order valence-electron chi connectivity index (χ3n) is 4.55. The van der Waals surface area contributed by atoms with Gasteiger partial charge in [0.25, 0.3) is 0 Å². The average molecular weight is 348 g/mol. The van der Waals surface area contributed by atoms with Gasteiger partial charge in [0.05, 0.1) is 26.2 Å². The summed E-state index contributed by atoms with van der Waals surface area (Å²) in [7, 11) is 1.56. The first-order chi connectivity index (χ1) is 12.0. The van der Waals surface area contributed by atoms with E-state index in [1.54, 1.807) is 36.3 Å². The predicted octanol–water partition coefficient (Wildman–Crippen LogP) is 0.360. The van der Waals surface area contributed by atoms with Gasteiger partial charge in [0.1, 0.15) is 5.75 Å². The summed E-state index contributed by atoms with van der Waals surface area (Å²) in [6.45, 7) is 0.749. The topological polar surface area (TPSA) is 96.4 Å². The molecule has 2 atom stereocenters. The summed E-state index contributed by atoms with van der Waals surface area (Å²) >= 11 is 0. The fourth-order valence-electron chi connectivity index (χ4n) is 3.19. The number of carboxylic acids is 1. The van der Waals surface area contributed by atoms with E-state index in [-0.39, 0.29) is 37.9 Å². The number of morpholine rings is 1. The second-order valence-corrected chi connectivity index (χ2v) is 6.06. The molecule has 25 heavy (non-hydrogen) atoms. The summed E-state index contributed by atoms with van der Waals surface area (Å²) in [5, 5.41) is 9.27. The van der Waals surface area contributed by atoms with Crippen LogP contribution in [0.25, 0.3) is 0 Å². The van der Waals surface area contributed by atoms with Crippen molar-refractivity contribution in [3.63, 3.8) is 0 Å². The van der Waals surface area contributed by atoms with Crippen LogP contribution in [0.15, 0.2) is 24.3 Å². The normalized spacial score (nSPS) is 23.6. The first-order valence-electron chi connectivity index (χ1n) is 8.06. The Morgan fingerprint density at radius 2 is 2.00 bits per heavy atom. The molecular formula is C17H20N2O6. The maximum absolute atomic E-state index is 12.7. The zero-order valence-electron chi connectivity index (χ0n) is 13.9. The molecule has 2 aliphatic heterocycles. The van der Waals surface area contributed by atoms with Crippen molar-refractivity contribution in [2.24, 2.45) is 5.92 Å². The molecule has 0 spiro atoms. The monoisotopic (exact) mass is 348 g/mol. The third kappa shape index (κ3) is 3.43. The number of amides is 2. The van der Waals surface area contributed by atoms with Crippen LogP contribution in [0, 0.1) is 5.92 Å². The lowest BCUT2D eigenvalue weighted by atomic mass is 10.1. The molecule has 2 heterocycles. The molecule has 8 nitrogen and oxygen atoms in total. The van der Waals surface area contributed by atoms with Gasteiger partial charge in [-0.1, -0.05) is 0 Å². The minimum Gasteiger partial charge on any atom is -0.497 e. The highest BCUT2D eigenvalue weighted by atomic mass is 16.5. The van der Waals surface area contributed by atoms with E-state index in [0.717, 1.165) is 0 Å². The van der Waals surface area contributed by atoms with Gasteiger partial charge in [0.15, 0.2) is 6.04 Å². The van der Waals surface area contributed by atoms with Crippen LogP contribution in [0.3, 0.4) is 0 Å². The number of rotatable bonds is 4. The number of carbonyl (C=O) groups is 3. The number of nitrogens with zero attached hydrogens (tertiary/aromatic N) is 2. The molecule has 2 aliphatic rings. The molecule has 134 valence electrons. The first-order valence-corrected chi connectivity index (χ1v) is 8.06. The molecule has 2 fully saturated rings. The number of hydrogen-bond donors (Lipinski definition) is 1. The fourth-order valence-corrected chi connectivity index (χ4v) is 3.19. The van der Waals surface area contributed by atoms with E-state index in [4.69, 9.17) is 9.47 Å². The van der Waals surface area contributed by atoms with E-state index < -0.39 is 17.9 Å². The first kappa shape index (κ1) is 17.2. The number of ether oxygens (including phenoxy) is 2. The highest BCUT2D eigenvalue weighted by Gasteiger charge is 2.41. The Labute approximate surface area is 144 Å². The molecule has 0 unspecified atom stereocenters. The lowest BCUT2D eigenvalue weighted by Gasteiger charge is -2.34. The van der Waals surface area contributed by atoms with Gasteiger partial charge < -0.3 is 24.4 Å². The van der Waals surface area contributed by atoms with Crippen LogP contribution in [0.5, 0.6) is 5.75 Å². The SMILES string of the molecule is COc1ccc(N2C[C@H](C(=O)N3CCOC[C@H]3C(=O)O)CC2=O)cc1. The number of anilines is 1. The average Bonchev–Trinajstić information content (AvgIpc) is 3.03. The maximum Gasteiger partial charge on any atom is 0.328 e. The summed E-state index contributed by atoms with van der Waals surface area (Å²) in [4.78, 5) is 39.3. The van der Waals surface area contributed by atoms with Gasteiger partial charge in [-0.05, 0) is 24.3 Å². The summed E-state index contributed by atoms with van der Waals surface area (Å²) < 4.78 is 10.3. The van der Waals surface area contributed by atoms with Gasteiger partial charge in [-0.2, -0.15) is 0 Å². The summed E-state index contributed by atoms with van der Waals surface area (Å²) in [5.41, 5.74) is 0.692. The van der Waals surface area contributed by atoms with Crippen LogP contribution in [-0.2, 0) is 19.1 Å². The van der Waals surface area contributed by atoms with E-state index in [0.29, 0.717) is 18.0 Å². The molecule has 0 saturated carbocycles. The van der Waals surface area contributed by atoms with Gasteiger partial charge in [-0.3, -0.25) is 9.59 Å². The van der Waals surface area contributed by atoms with Crippen molar-refractivity contribution < 1.29 is 29.0 Å².